The lowest BCUT2D eigenvalue weighted by Gasteiger charge is -2.05. The van der Waals surface area contributed by atoms with E-state index in [1.807, 2.05) is 28.8 Å². The Labute approximate surface area is 109 Å². The molecule has 2 aromatic heterocycles. The summed E-state index contributed by atoms with van der Waals surface area (Å²) in [7, 11) is 0. The van der Waals surface area contributed by atoms with E-state index in [0.29, 0.717) is 17.5 Å². The number of imidazole rings is 1. The van der Waals surface area contributed by atoms with E-state index in [9.17, 15) is 0 Å². The highest BCUT2D eigenvalue weighted by molar-refractivity contribution is 5.77. The molecular weight excluding hydrogens is 240 g/mol. The summed E-state index contributed by atoms with van der Waals surface area (Å²) < 4.78 is 1.82. The molecule has 3 aromatic rings. The molecule has 0 aliphatic carbocycles. The lowest BCUT2D eigenvalue weighted by Crippen LogP contribution is -2.05. The van der Waals surface area contributed by atoms with Crippen LogP contribution in [0.25, 0.3) is 16.9 Å². The Kier molecular flexibility index (Phi) is 2.58. The van der Waals surface area contributed by atoms with Crippen LogP contribution in [0.15, 0.2) is 36.4 Å². The molecule has 2 heterocycles. The van der Waals surface area contributed by atoms with Crippen LogP contribution in [0.3, 0.4) is 0 Å². The first-order valence-corrected chi connectivity index (χ1v) is 5.72. The molecule has 6 nitrogen and oxygen atoms in total. The van der Waals surface area contributed by atoms with E-state index in [4.69, 9.17) is 11.0 Å². The molecule has 0 unspecified atom stereocenters. The lowest BCUT2D eigenvalue weighted by molar-refractivity contribution is 0.881. The number of para-hydroxylation sites is 2. The van der Waals surface area contributed by atoms with Crippen LogP contribution in [-0.4, -0.2) is 19.7 Å². The average molecular weight is 250 g/mol. The molecule has 0 fully saturated rings. The molecule has 0 bridgehead atoms. The minimum Gasteiger partial charge on any atom is -0.382 e. The maximum atomic E-state index is 8.90. The molecule has 0 aliphatic heterocycles. The van der Waals surface area contributed by atoms with Gasteiger partial charge in [0.25, 0.3) is 0 Å². The number of nitrogens with two attached hydrogens (primary N) is 1. The fourth-order valence-corrected chi connectivity index (χ4v) is 1.98. The zero-order chi connectivity index (χ0) is 13.2. The molecule has 19 heavy (non-hydrogen) atoms. The number of benzene rings is 1. The summed E-state index contributed by atoms with van der Waals surface area (Å²) in [5.74, 6) is 1.60. The third-order valence-electron chi connectivity index (χ3n) is 2.77. The minimum atomic E-state index is 0.209. The van der Waals surface area contributed by atoms with Gasteiger partial charge in [0, 0.05) is 0 Å². The monoisotopic (exact) mass is 250 g/mol. The first-order valence-electron chi connectivity index (χ1n) is 5.72. The number of rotatable bonds is 2. The van der Waals surface area contributed by atoms with Gasteiger partial charge in [0.05, 0.1) is 23.5 Å². The molecule has 92 valence electrons. The molecule has 0 saturated heterocycles. The van der Waals surface area contributed by atoms with Crippen molar-refractivity contribution in [3.8, 4) is 11.9 Å². The van der Waals surface area contributed by atoms with Crippen molar-refractivity contribution in [2.45, 2.75) is 6.42 Å². The number of anilines is 1. The predicted octanol–water partition coefficient (Wildman–Crippen LogP) is 1.46. The van der Waals surface area contributed by atoms with Crippen molar-refractivity contribution >= 4 is 16.9 Å². The van der Waals surface area contributed by atoms with Crippen LogP contribution >= 0.6 is 0 Å². The van der Waals surface area contributed by atoms with Crippen molar-refractivity contribution in [2.24, 2.45) is 0 Å². The number of fused-ring (bicyclic) bond motifs is 1. The highest BCUT2D eigenvalue weighted by Gasteiger charge is 2.12. The normalized spacial score (nSPS) is 10.5. The fraction of sp³-hybridized carbons (Fsp3) is 0.0769. The van der Waals surface area contributed by atoms with Gasteiger partial charge in [-0.3, -0.25) is 4.57 Å². The van der Waals surface area contributed by atoms with Gasteiger partial charge in [-0.05, 0) is 24.3 Å². The van der Waals surface area contributed by atoms with E-state index in [-0.39, 0.29) is 6.42 Å². The SMILES string of the molecule is N#CCc1nc2ccccc2n1-c1ccc(N)nn1. The Hall–Kier alpha value is -2.94. The van der Waals surface area contributed by atoms with Crippen molar-refractivity contribution < 1.29 is 0 Å². The van der Waals surface area contributed by atoms with E-state index in [1.165, 1.54) is 0 Å². The average Bonchev–Trinajstić information content (AvgIpc) is 2.78. The van der Waals surface area contributed by atoms with Crippen LogP contribution in [-0.2, 0) is 6.42 Å². The van der Waals surface area contributed by atoms with Gasteiger partial charge in [-0.2, -0.15) is 5.26 Å². The third kappa shape index (κ3) is 1.87. The first-order chi connectivity index (χ1) is 9.29. The zero-order valence-electron chi connectivity index (χ0n) is 9.98. The van der Waals surface area contributed by atoms with Gasteiger partial charge in [-0.1, -0.05) is 12.1 Å². The van der Waals surface area contributed by atoms with Gasteiger partial charge >= 0.3 is 0 Å². The summed E-state index contributed by atoms with van der Waals surface area (Å²) in [4.78, 5) is 4.44. The molecule has 0 spiro atoms. The van der Waals surface area contributed by atoms with Gasteiger partial charge in [0.15, 0.2) is 5.82 Å². The molecule has 0 atom stereocenters. The van der Waals surface area contributed by atoms with Gasteiger partial charge < -0.3 is 5.73 Å². The smallest absolute Gasteiger partial charge is 0.161 e. The molecule has 1 aromatic carbocycles. The van der Waals surface area contributed by atoms with Crippen LogP contribution in [0.1, 0.15) is 5.82 Å². The second-order valence-electron chi connectivity index (χ2n) is 4.00. The van der Waals surface area contributed by atoms with E-state index in [2.05, 4.69) is 21.3 Å². The molecule has 0 aliphatic rings. The van der Waals surface area contributed by atoms with Crippen LogP contribution in [0.4, 0.5) is 5.82 Å². The topological polar surface area (TPSA) is 93.4 Å². The van der Waals surface area contributed by atoms with Crippen LogP contribution < -0.4 is 5.73 Å². The van der Waals surface area contributed by atoms with Crippen molar-refractivity contribution in [1.82, 2.24) is 19.7 Å². The largest absolute Gasteiger partial charge is 0.382 e. The molecule has 0 radical (unpaired) electrons. The van der Waals surface area contributed by atoms with Crippen molar-refractivity contribution in [2.75, 3.05) is 5.73 Å². The Morgan fingerprint density at radius 1 is 1.16 bits per heavy atom. The maximum Gasteiger partial charge on any atom is 0.161 e. The summed E-state index contributed by atoms with van der Waals surface area (Å²) in [5, 5.41) is 16.8. The van der Waals surface area contributed by atoms with Gasteiger partial charge in [0.2, 0.25) is 0 Å². The third-order valence-corrected chi connectivity index (χ3v) is 2.77. The summed E-state index contributed by atoms with van der Waals surface area (Å²) >= 11 is 0. The van der Waals surface area contributed by atoms with E-state index >= 15 is 0 Å². The van der Waals surface area contributed by atoms with Crippen LogP contribution in [0.5, 0.6) is 0 Å². The Balaban J connectivity index is 2.28. The van der Waals surface area contributed by atoms with Gasteiger partial charge in [0.1, 0.15) is 11.6 Å². The van der Waals surface area contributed by atoms with Crippen molar-refractivity contribution in [3.05, 3.63) is 42.2 Å². The number of hydrogen-bond donors (Lipinski definition) is 1. The zero-order valence-corrected chi connectivity index (χ0v) is 9.98. The van der Waals surface area contributed by atoms with Crippen molar-refractivity contribution in [3.63, 3.8) is 0 Å². The summed E-state index contributed by atoms with van der Waals surface area (Å²) in [6.07, 6.45) is 0.209. The minimum absolute atomic E-state index is 0.209. The Morgan fingerprint density at radius 3 is 2.74 bits per heavy atom. The first kappa shape index (κ1) is 11.2. The van der Waals surface area contributed by atoms with E-state index in [0.717, 1.165) is 11.0 Å². The second kappa shape index (κ2) is 4.38. The highest BCUT2D eigenvalue weighted by Crippen LogP contribution is 2.20. The molecular formula is C13H10N6. The molecule has 0 saturated carbocycles. The Morgan fingerprint density at radius 2 is 2.00 bits per heavy atom. The Bertz CT molecular complexity index is 766. The quantitative estimate of drug-likeness (QED) is 0.743. The molecule has 6 heteroatoms. The number of aromatic nitrogens is 4. The number of nitrogen functional groups attached to an aromatic ring is 1. The van der Waals surface area contributed by atoms with Gasteiger partial charge in [-0.25, -0.2) is 4.98 Å². The van der Waals surface area contributed by atoms with Crippen LogP contribution in [0, 0.1) is 11.3 Å². The highest BCUT2D eigenvalue weighted by atomic mass is 15.2. The van der Waals surface area contributed by atoms with Crippen LogP contribution in [0.2, 0.25) is 0 Å². The maximum absolute atomic E-state index is 8.90. The summed E-state index contributed by atoms with van der Waals surface area (Å²) in [6.45, 7) is 0. The molecule has 3 rings (SSSR count). The van der Waals surface area contributed by atoms with E-state index < -0.39 is 0 Å². The standard InChI is InChI=1S/C13H10N6/c14-8-7-12-16-9-3-1-2-4-10(9)19(12)13-6-5-11(15)17-18-13/h1-6H,7H2,(H2,15,17). The molecule has 2 N–H and O–H groups in total. The number of nitrogens with zero attached hydrogens (tertiary/aromatic N) is 5. The van der Waals surface area contributed by atoms with Crippen molar-refractivity contribution in [1.29, 1.82) is 5.26 Å². The summed E-state index contributed by atoms with van der Waals surface area (Å²) in [6, 6.07) is 13.2. The number of hydrogen-bond acceptors (Lipinski definition) is 5. The lowest BCUT2D eigenvalue weighted by atomic mass is 10.3. The number of nitriles is 1. The molecule has 0 amide bonds. The van der Waals surface area contributed by atoms with Gasteiger partial charge in [-0.15, -0.1) is 10.2 Å². The fourth-order valence-electron chi connectivity index (χ4n) is 1.98. The predicted molar refractivity (Wildman–Crippen MR) is 70.4 cm³/mol. The second-order valence-corrected chi connectivity index (χ2v) is 4.00. The van der Waals surface area contributed by atoms with E-state index in [1.54, 1.807) is 12.1 Å². The summed E-state index contributed by atoms with van der Waals surface area (Å²) in [5.41, 5.74) is 7.26.